The Morgan fingerprint density at radius 2 is 2.06 bits per heavy atom. The average Bonchev–Trinajstić information content (AvgIpc) is 2.39. The Labute approximate surface area is 114 Å². The first-order chi connectivity index (χ1) is 8.72. The van der Waals surface area contributed by atoms with Gasteiger partial charge in [-0.15, -0.1) is 0 Å². The molecule has 0 spiro atoms. The Morgan fingerprint density at radius 3 is 2.67 bits per heavy atom. The number of hydrogen-bond acceptors (Lipinski definition) is 3. The van der Waals surface area contributed by atoms with Gasteiger partial charge in [0.05, 0.1) is 12.4 Å². The first kappa shape index (κ1) is 15.1. The summed E-state index contributed by atoms with van der Waals surface area (Å²) >= 11 is 1.70. The zero-order valence-electron chi connectivity index (χ0n) is 11.5. The van der Waals surface area contributed by atoms with E-state index in [9.17, 15) is 4.79 Å². The summed E-state index contributed by atoms with van der Waals surface area (Å²) < 4.78 is 5.54. The fraction of sp³-hybridized carbons (Fsp3) is 0.533. The van der Waals surface area contributed by atoms with Crippen LogP contribution in [0.5, 0.6) is 5.75 Å². The van der Waals surface area contributed by atoms with Crippen molar-refractivity contribution in [2.24, 2.45) is 0 Å². The number of benzene rings is 1. The molecule has 0 unspecified atom stereocenters. The van der Waals surface area contributed by atoms with Gasteiger partial charge in [-0.1, -0.05) is 13.8 Å². The van der Waals surface area contributed by atoms with E-state index in [1.54, 1.807) is 11.8 Å². The quantitative estimate of drug-likeness (QED) is 0.526. The van der Waals surface area contributed by atoms with Crippen molar-refractivity contribution >= 4 is 17.5 Å². The van der Waals surface area contributed by atoms with E-state index in [0.717, 1.165) is 35.5 Å². The van der Waals surface area contributed by atoms with Crippen LogP contribution in [0.3, 0.4) is 0 Å². The molecule has 0 fully saturated rings. The number of ether oxygens (including phenoxy) is 1. The van der Waals surface area contributed by atoms with Gasteiger partial charge in [0.15, 0.2) is 5.78 Å². The van der Waals surface area contributed by atoms with Gasteiger partial charge in [-0.25, -0.2) is 0 Å². The lowest BCUT2D eigenvalue weighted by Gasteiger charge is -2.10. The van der Waals surface area contributed by atoms with Crippen LogP contribution in [0.2, 0.25) is 0 Å². The number of ketones is 1. The van der Waals surface area contributed by atoms with Crippen molar-refractivity contribution in [2.75, 3.05) is 18.1 Å². The summed E-state index contributed by atoms with van der Waals surface area (Å²) in [5.41, 5.74) is 1.92. The third kappa shape index (κ3) is 4.37. The second-order valence-electron chi connectivity index (χ2n) is 4.08. The third-order valence-electron chi connectivity index (χ3n) is 2.64. The van der Waals surface area contributed by atoms with Gasteiger partial charge in [0, 0.05) is 5.56 Å². The van der Waals surface area contributed by atoms with Crippen LogP contribution < -0.4 is 4.74 Å². The van der Waals surface area contributed by atoms with Gasteiger partial charge in [0.25, 0.3) is 0 Å². The average molecular weight is 266 g/mol. The fourth-order valence-corrected chi connectivity index (χ4v) is 2.50. The highest BCUT2D eigenvalue weighted by Crippen LogP contribution is 2.22. The Morgan fingerprint density at radius 1 is 1.28 bits per heavy atom. The summed E-state index contributed by atoms with van der Waals surface area (Å²) in [6.07, 6.45) is 2.00. The molecule has 0 aliphatic carbocycles. The SMILES string of the molecule is CCCSCC(=O)c1ccc(OCC)c(CC)c1. The van der Waals surface area contributed by atoms with Crippen molar-refractivity contribution in [3.8, 4) is 5.75 Å². The summed E-state index contributed by atoms with van der Waals surface area (Å²) in [4.78, 5) is 12.0. The molecule has 0 saturated carbocycles. The van der Waals surface area contributed by atoms with E-state index in [4.69, 9.17) is 4.74 Å². The molecule has 1 aromatic rings. The van der Waals surface area contributed by atoms with Crippen LogP contribution in [-0.4, -0.2) is 23.9 Å². The van der Waals surface area contributed by atoms with Crippen molar-refractivity contribution in [3.05, 3.63) is 29.3 Å². The lowest BCUT2D eigenvalue weighted by atomic mass is 10.1. The predicted molar refractivity (Wildman–Crippen MR) is 78.9 cm³/mol. The second-order valence-corrected chi connectivity index (χ2v) is 5.19. The number of hydrogen-bond donors (Lipinski definition) is 0. The van der Waals surface area contributed by atoms with E-state index in [1.807, 2.05) is 25.1 Å². The van der Waals surface area contributed by atoms with Crippen LogP contribution in [-0.2, 0) is 6.42 Å². The standard InChI is InChI=1S/C15H22O2S/c1-4-9-18-11-14(16)13-7-8-15(17-6-3)12(5-2)10-13/h7-8,10H,4-6,9,11H2,1-3H3. The maximum Gasteiger partial charge on any atom is 0.172 e. The van der Waals surface area contributed by atoms with E-state index in [0.29, 0.717) is 12.4 Å². The summed E-state index contributed by atoms with van der Waals surface area (Å²) in [5.74, 6) is 2.73. The van der Waals surface area contributed by atoms with Crippen LogP contribution in [0, 0.1) is 0 Å². The molecular weight excluding hydrogens is 244 g/mol. The van der Waals surface area contributed by atoms with Crippen LogP contribution in [0.25, 0.3) is 0 Å². The first-order valence-corrected chi connectivity index (χ1v) is 7.75. The molecule has 0 aromatic heterocycles. The topological polar surface area (TPSA) is 26.3 Å². The minimum absolute atomic E-state index is 0.214. The molecule has 0 radical (unpaired) electrons. The van der Waals surface area contributed by atoms with Crippen molar-refractivity contribution in [1.82, 2.24) is 0 Å². The maximum absolute atomic E-state index is 12.0. The highest BCUT2D eigenvalue weighted by Gasteiger charge is 2.09. The largest absolute Gasteiger partial charge is 0.494 e. The number of thioether (sulfide) groups is 1. The van der Waals surface area contributed by atoms with Crippen molar-refractivity contribution in [2.45, 2.75) is 33.6 Å². The molecule has 3 heteroatoms. The molecule has 0 N–H and O–H groups in total. The third-order valence-corrected chi connectivity index (χ3v) is 3.81. The molecule has 100 valence electrons. The fourth-order valence-electron chi connectivity index (χ4n) is 1.72. The van der Waals surface area contributed by atoms with E-state index in [1.165, 1.54) is 0 Å². The molecule has 0 aliphatic heterocycles. The highest BCUT2D eigenvalue weighted by atomic mass is 32.2. The molecule has 0 heterocycles. The molecule has 1 aromatic carbocycles. The molecule has 1 rings (SSSR count). The molecule has 0 bridgehead atoms. The Balaban J connectivity index is 2.74. The number of carbonyl (C=O) groups is 1. The van der Waals surface area contributed by atoms with Crippen LogP contribution >= 0.6 is 11.8 Å². The predicted octanol–water partition coefficient (Wildman–Crippen LogP) is 3.97. The van der Waals surface area contributed by atoms with Gasteiger partial charge in [0.2, 0.25) is 0 Å². The molecular formula is C15H22O2S. The minimum atomic E-state index is 0.214. The van der Waals surface area contributed by atoms with E-state index in [-0.39, 0.29) is 5.78 Å². The van der Waals surface area contributed by atoms with E-state index >= 15 is 0 Å². The van der Waals surface area contributed by atoms with Crippen LogP contribution in [0.4, 0.5) is 0 Å². The lowest BCUT2D eigenvalue weighted by molar-refractivity contribution is 0.102. The summed E-state index contributed by atoms with van der Waals surface area (Å²) in [7, 11) is 0. The first-order valence-electron chi connectivity index (χ1n) is 6.59. The van der Waals surface area contributed by atoms with Gasteiger partial charge < -0.3 is 4.74 Å². The normalized spacial score (nSPS) is 10.4. The number of carbonyl (C=O) groups excluding carboxylic acids is 1. The van der Waals surface area contributed by atoms with E-state index < -0.39 is 0 Å². The maximum atomic E-state index is 12.0. The number of Topliss-reactive ketones (excluding diaryl/α,β-unsaturated/α-hetero) is 1. The molecule has 0 saturated heterocycles. The van der Waals surface area contributed by atoms with Crippen molar-refractivity contribution < 1.29 is 9.53 Å². The lowest BCUT2D eigenvalue weighted by Crippen LogP contribution is -2.05. The highest BCUT2D eigenvalue weighted by molar-refractivity contribution is 7.99. The monoisotopic (exact) mass is 266 g/mol. The summed E-state index contributed by atoms with van der Waals surface area (Å²) in [6.45, 7) is 6.84. The van der Waals surface area contributed by atoms with Crippen LogP contribution in [0.1, 0.15) is 43.1 Å². The Bertz CT molecular complexity index is 388. The molecule has 0 atom stereocenters. The van der Waals surface area contributed by atoms with Crippen LogP contribution in [0.15, 0.2) is 18.2 Å². The zero-order chi connectivity index (χ0) is 13.4. The van der Waals surface area contributed by atoms with Crippen molar-refractivity contribution in [1.29, 1.82) is 0 Å². The summed E-state index contributed by atoms with van der Waals surface area (Å²) in [5, 5.41) is 0. The molecule has 18 heavy (non-hydrogen) atoms. The van der Waals surface area contributed by atoms with Gasteiger partial charge in [0.1, 0.15) is 5.75 Å². The number of aryl methyl sites for hydroxylation is 1. The van der Waals surface area contributed by atoms with Gasteiger partial charge in [-0.3, -0.25) is 4.79 Å². The minimum Gasteiger partial charge on any atom is -0.494 e. The Hall–Kier alpha value is -0.960. The summed E-state index contributed by atoms with van der Waals surface area (Å²) in [6, 6.07) is 5.76. The molecule has 0 amide bonds. The smallest absolute Gasteiger partial charge is 0.172 e. The van der Waals surface area contributed by atoms with Gasteiger partial charge >= 0.3 is 0 Å². The Kier molecular flexibility index (Phi) is 6.88. The zero-order valence-corrected chi connectivity index (χ0v) is 12.3. The number of rotatable bonds is 8. The van der Waals surface area contributed by atoms with E-state index in [2.05, 4.69) is 13.8 Å². The van der Waals surface area contributed by atoms with Crippen molar-refractivity contribution in [3.63, 3.8) is 0 Å². The second kappa shape index (κ2) is 8.20. The molecule has 0 aliphatic rings. The van der Waals surface area contributed by atoms with Gasteiger partial charge in [-0.2, -0.15) is 11.8 Å². The van der Waals surface area contributed by atoms with Gasteiger partial charge in [-0.05, 0) is 49.3 Å². The molecule has 2 nitrogen and oxygen atoms in total.